The SMILES string of the molecule is CC(C)(C)OC(=O)N1CCN(C(=O)c2ncn(C3CCCCC3(O)CCCN)c2-c2ccccc2)[C@H](Cc2ccccc2)C1. The molecule has 3 aromatic rings. The number of amides is 2. The van der Waals surface area contributed by atoms with Crippen molar-refractivity contribution in [2.45, 2.75) is 89.0 Å². The van der Waals surface area contributed by atoms with Crippen LogP contribution in [0.25, 0.3) is 11.3 Å². The van der Waals surface area contributed by atoms with E-state index in [4.69, 9.17) is 15.5 Å². The lowest BCUT2D eigenvalue weighted by molar-refractivity contribution is -0.0486. The van der Waals surface area contributed by atoms with Crippen molar-refractivity contribution in [2.75, 3.05) is 26.2 Å². The van der Waals surface area contributed by atoms with E-state index in [-0.39, 0.29) is 24.1 Å². The van der Waals surface area contributed by atoms with Crippen molar-refractivity contribution in [2.24, 2.45) is 5.73 Å². The zero-order valence-corrected chi connectivity index (χ0v) is 26.3. The van der Waals surface area contributed by atoms with Crippen molar-refractivity contribution in [1.29, 1.82) is 0 Å². The highest BCUT2D eigenvalue weighted by Crippen LogP contribution is 2.43. The second-order valence-electron chi connectivity index (χ2n) is 13.2. The zero-order chi connectivity index (χ0) is 31.3. The van der Waals surface area contributed by atoms with E-state index in [1.807, 2.05) is 90.9 Å². The smallest absolute Gasteiger partial charge is 0.410 e. The summed E-state index contributed by atoms with van der Waals surface area (Å²) < 4.78 is 7.73. The third-order valence-electron chi connectivity index (χ3n) is 8.86. The first kappa shape index (κ1) is 31.7. The lowest BCUT2D eigenvalue weighted by atomic mass is 9.77. The van der Waals surface area contributed by atoms with E-state index in [0.29, 0.717) is 51.1 Å². The molecule has 236 valence electrons. The Hall–Kier alpha value is -3.69. The van der Waals surface area contributed by atoms with Gasteiger partial charge in [0.1, 0.15) is 5.60 Å². The summed E-state index contributed by atoms with van der Waals surface area (Å²) in [5.41, 5.74) is 7.38. The summed E-state index contributed by atoms with van der Waals surface area (Å²) in [5, 5.41) is 11.9. The molecule has 44 heavy (non-hydrogen) atoms. The second kappa shape index (κ2) is 13.5. The molecule has 1 aromatic heterocycles. The number of rotatable bonds is 8. The van der Waals surface area contributed by atoms with Crippen molar-refractivity contribution in [3.05, 3.63) is 78.2 Å². The first-order valence-corrected chi connectivity index (χ1v) is 16.0. The van der Waals surface area contributed by atoms with Gasteiger partial charge >= 0.3 is 6.09 Å². The van der Waals surface area contributed by atoms with E-state index in [1.165, 1.54) is 0 Å². The third-order valence-corrected chi connectivity index (χ3v) is 8.86. The monoisotopic (exact) mass is 601 g/mol. The highest BCUT2D eigenvalue weighted by atomic mass is 16.6. The number of ether oxygens (including phenoxy) is 1. The number of hydrogen-bond donors (Lipinski definition) is 2. The molecule has 1 aliphatic heterocycles. The fourth-order valence-electron chi connectivity index (χ4n) is 6.75. The van der Waals surface area contributed by atoms with Crippen LogP contribution in [0.1, 0.15) is 81.4 Å². The summed E-state index contributed by atoms with van der Waals surface area (Å²) in [6, 6.07) is 19.4. The molecule has 0 spiro atoms. The summed E-state index contributed by atoms with van der Waals surface area (Å²) in [6.07, 6.45) is 6.75. The number of aliphatic hydroxyl groups is 1. The fourth-order valence-corrected chi connectivity index (χ4v) is 6.75. The van der Waals surface area contributed by atoms with Crippen LogP contribution in [0, 0.1) is 0 Å². The molecule has 1 saturated carbocycles. The Balaban J connectivity index is 1.51. The van der Waals surface area contributed by atoms with Crippen LogP contribution in [0.3, 0.4) is 0 Å². The highest BCUT2D eigenvalue weighted by molar-refractivity contribution is 5.98. The average Bonchev–Trinajstić information content (AvgIpc) is 3.45. The maximum Gasteiger partial charge on any atom is 0.410 e. The van der Waals surface area contributed by atoms with E-state index in [0.717, 1.165) is 42.5 Å². The summed E-state index contributed by atoms with van der Waals surface area (Å²) in [7, 11) is 0. The molecular weight excluding hydrogens is 554 g/mol. The number of imidazole rings is 1. The van der Waals surface area contributed by atoms with Gasteiger partial charge in [0.25, 0.3) is 5.91 Å². The van der Waals surface area contributed by atoms with Crippen LogP contribution in [0.5, 0.6) is 0 Å². The Morgan fingerprint density at radius 2 is 1.75 bits per heavy atom. The molecule has 2 aromatic carbocycles. The van der Waals surface area contributed by atoms with Gasteiger partial charge in [-0.2, -0.15) is 0 Å². The van der Waals surface area contributed by atoms with Gasteiger partial charge in [-0.3, -0.25) is 4.79 Å². The van der Waals surface area contributed by atoms with Gasteiger partial charge in [-0.25, -0.2) is 9.78 Å². The number of carbonyl (C=O) groups is 2. The topological polar surface area (TPSA) is 114 Å². The van der Waals surface area contributed by atoms with Crippen molar-refractivity contribution < 1.29 is 19.4 Å². The predicted octanol–water partition coefficient (Wildman–Crippen LogP) is 5.44. The normalized spacial score (nSPS) is 22.6. The number of hydrogen-bond acceptors (Lipinski definition) is 6. The first-order valence-electron chi connectivity index (χ1n) is 16.0. The maximum absolute atomic E-state index is 14.6. The molecule has 1 saturated heterocycles. The van der Waals surface area contributed by atoms with E-state index in [2.05, 4.69) is 0 Å². The minimum atomic E-state index is -0.920. The van der Waals surface area contributed by atoms with E-state index in [1.54, 1.807) is 11.2 Å². The molecule has 9 heteroatoms. The van der Waals surface area contributed by atoms with Gasteiger partial charge in [-0.05, 0) is 65.0 Å². The fraction of sp³-hybridized carbons (Fsp3) is 0.514. The van der Waals surface area contributed by atoms with Gasteiger partial charge in [0.05, 0.1) is 29.7 Å². The highest BCUT2D eigenvalue weighted by Gasteiger charge is 2.42. The van der Waals surface area contributed by atoms with Gasteiger partial charge in [-0.1, -0.05) is 73.5 Å². The predicted molar refractivity (Wildman–Crippen MR) is 171 cm³/mol. The van der Waals surface area contributed by atoms with Crippen LogP contribution in [-0.4, -0.2) is 79.9 Å². The number of aromatic nitrogens is 2. The molecule has 9 nitrogen and oxygen atoms in total. The molecule has 2 fully saturated rings. The molecule has 5 rings (SSSR count). The number of carbonyl (C=O) groups excluding carboxylic acids is 2. The molecule has 2 unspecified atom stereocenters. The molecule has 0 radical (unpaired) electrons. The van der Waals surface area contributed by atoms with Crippen LogP contribution in [-0.2, 0) is 11.2 Å². The third kappa shape index (κ3) is 7.16. The Morgan fingerprint density at radius 1 is 1.05 bits per heavy atom. The summed E-state index contributed by atoms with van der Waals surface area (Å²) in [4.78, 5) is 36.0. The van der Waals surface area contributed by atoms with E-state index in [9.17, 15) is 14.7 Å². The first-order chi connectivity index (χ1) is 21.1. The molecule has 3 atom stereocenters. The Bertz CT molecular complexity index is 1400. The van der Waals surface area contributed by atoms with Crippen molar-refractivity contribution in [3.63, 3.8) is 0 Å². The summed E-state index contributed by atoms with van der Waals surface area (Å²) in [6.45, 7) is 7.19. The molecular formula is C35H47N5O4. The zero-order valence-electron chi connectivity index (χ0n) is 26.3. The van der Waals surface area contributed by atoms with Crippen molar-refractivity contribution in [1.82, 2.24) is 19.4 Å². The van der Waals surface area contributed by atoms with Gasteiger partial charge in [0.2, 0.25) is 0 Å². The van der Waals surface area contributed by atoms with Crippen LogP contribution >= 0.6 is 0 Å². The maximum atomic E-state index is 14.6. The lowest BCUT2D eigenvalue weighted by Gasteiger charge is -2.42. The molecule has 3 N–H and O–H groups in total. The Morgan fingerprint density at radius 3 is 2.43 bits per heavy atom. The average molecular weight is 602 g/mol. The molecule has 0 bridgehead atoms. The standard InChI is InChI=1S/C35H47N5O4/c1-34(2,3)44-33(42)38-21-22-39(28(24-38)23-26-13-6-4-7-14-26)32(41)30-31(27-15-8-5-9-16-27)40(25-37-30)29-17-10-11-18-35(29,43)19-12-20-36/h4-9,13-16,25,28-29,43H,10-12,17-24,36H2,1-3H3/t28-,29?,35?/m1/s1. The summed E-state index contributed by atoms with van der Waals surface area (Å²) in [5.74, 6) is -0.173. The molecule has 2 heterocycles. The van der Waals surface area contributed by atoms with Crippen LogP contribution in [0.15, 0.2) is 67.0 Å². The number of piperazine rings is 1. The lowest BCUT2D eigenvalue weighted by Crippen LogP contribution is -2.58. The minimum Gasteiger partial charge on any atom is -0.444 e. The van der Waals surface area contributed by atoms with Gasteiger partial charge in [0.15, 0.2) is 5.69 Å². The Kier molecular flexibility index (Phi) is 9.75. The number of benzene rings is 2. The van der Waals surface area contributed by atoms with Gasteiger partial charge < -0.3 is 29.9 Å². The van der Waals surface area contributed by atoms with Crippen LogP contribution in [0.4, 0.5) is 4.79 Å². The van der Waals surface area contributed by atoms with Gasteiger partial charge in [0, 0.05) is 25.2 Å². The Labute approximate surface area is 261 Å². The minimum absolute atomic E-state index is 0.173. The number of nitrogens with two attached hydrogens (primary N) is 1. The molecule has 2 amide bonds. The van der Waals surface area contributed by atoms with Crippen molar-refractivity contribution >= 4 is 12.0 Å². The number of nitrogens with zero attached hydrogens (tertiary/aromatic N) is 4. The molecule has 1 aliphatic carbocycles. The van der Waals surface area contributed by atoms with E-state index < -0.39 is 11.2 Å². The summed E-state index contributed by atoms with van der Waals surface area (Å²) >= 11 is 0. The van der Waals surface area contributed by atoms with Gasteiger partial charge in [-0.15, -0.1) is 0 Å². The quantitative estimate of drug-likeness (QED) is 0.356. The second-order valence-corrected chi connectivity index (χ2v) is 13.2. The largest absolute Gasteiger partial charge is 0.444 e. The van der Waals surface area contributed by atoms with Crippen LogP contribution in [0.2, 0.25) is 0 Å². The van der Waals surface area contributed by atoms with Crippen LogP contribution < -0.4 is 5.73 Å². The van der Waals surface area contributed by atoms with Crippen molar-refractivity contribution in [3.8, 4) is 11.3 Å². The molecule has 2 aliphatic rings. The van der Waals surface area contributed by atoms with E-state index >= 15 is 0 Å².